The van der Waals surface area contributed by atoms with Crippen molar-refractivity contribution in [3.8, 4) is 0 Å². The lowest BCUT2D eigenvalue weighted by Gasteiger charge is -2.18. The number of aryl methyl sites for hydroxylation is 2. The number of fused-ring (bicyclic) bond motifs is 1. The monoisotopic (exact) mass is 384 g/mol. The molecular formula is C20H28N6O2. The maximum atomic E-state index is 12.4. The molecule has 1 aliphatic heterocycles. The number of aromatic nitrogens is 2. The summed E-state index contributed by atoms with van der Waals surface area (Å²) in [6, 6.07) is 5.63. The van der Waals surface area contributed by atoms with Gasteiger partial charge in [0.25, 0.3) is 0 Å². The van der Waals surface area contributed by atoms with Crippen molar-refractivity contribution in [3.05, 3.63) is 40.6 Å². The van der Waals surface area contributed by atoms with Crippen LogP contribution in [-0.4, -0.2) is 27.1 Å². The molecule has 0 saturated carbocycles. The number of urea groups is 1. The summed E-state index contributed by atoms with van der Waals surface area (Å²) in [4.78, 5) is 24.7. The zero-order valence-corrected chi connectivity index (χ0v) is 16.8. The van der Waals surface area contributed by atoms with Gasteiger partial charge in [-0.15, -0.1) is 0 Å². The van der Waals surface area contributed by atoms with Crippen LogP contribution in [0.15, 0.2) is 18.2 Å². The Labute approximate surface area is 165 Å². The summed E-state index contributed by atoms with van der Waals surface area (Å²) in [5.41, 5.74) is 7.53. The van der Waals surface area contributed by atoms with Crippen LogP contribution in [0.4, 0.5) is 16.3 Å². The van der Waals surface area contributed by atoms with E-state index >= 15 is 0 Å². The summed E-state index contributed by atoms with van der Waals surface area (Å²) < 4.78 is 0. The number of aromatic amines is 1. The van der Waals surface area contributed by atoms with Gasteiger partial charge in [-0.25, -0.2) is 9.80 Å². The van der Waals surface area contributed by atoms with Crippen LogP contribution < -0.4 is 16.1 Å². The van der Waals surface area contributed by atoms with Crippen molar-refractivity contribution in [3.63, 3.8) is 0 Å². The highest BCUT2D eigenvalue weighted by molar-refractivity contribution is 5.92. The molecule has 1 aliphatic rings. The molecule has 0 atom stereocenters. The Hall–Kier alpha value is -2.87. The van der Waals surface area contributed by atoms with Gasteiger partial charge in [-0.2, -0.15) is 5.10 Å². The second-order valence-corrected chi connectivity index (χ2v) is 7.27. The molecule has 1 aromatic carbocycles. The van der Waals surface area contributed by atoms with Crippen molar-refractivity contribution in [1.82, 2.24) is 20.6 Å². The van der Waals surface area contributed by atoms with Gasteiger partial charge in [0.2, 0.25) is 5.91 Å². The number of hydrazine groups is 1. The number of hydrogen-bond donors (Lipinski definition) is 4. The van der Waals surface area contributed by atoms with Crippen LogP contribution in [0.25, 0.3) is 0 Å². The van der Waals surface area contributed by atoms with Gasteiger partial charge in [0.1, 0.15) is 0 Å². The highest BCUT2D eigenvalue weighted by atomic mass is 16.2. The summed E-state index contributed by atoms with van der Waals surface area (Å²) in [7, 11) is 0. The molecule has 0 aliphatic carbocycles. The molecule has 0 radical (unpaired) electrons. The van der Waals surface area contributed by atoms with Crippen molar-refractivity contribution < 1.29 is 9.59 Å². The van der Waals surface area contributed by atoms with Crippen LogP contribution in [0.1, 0.15) is 49.1 Å². The third-order valence-electron chi connectivity index (χ3n) is 5.15. The molecule has 0 bridgehead atoms. The molecule has 150 valence electrons. The summed E-state index contributed by atoms with van der Waals surface area (Å²) in [5, 5.41) is 14.8. The summed E-state index contributed by atoms with van der Waals surface area (Å²) >= 11 is 0. The molecule has 0 fully saturated rings. The number of nitrogens with zero attached hydrogens (tertiary/aromatic N) is 2. The smallest absolute Gasteiger partial charge is 0.309 e. The highest BCUT2D eigenvalue weighted by Crippen LogP contribution is 2.26. The molecule has 0 unspecified atom stereocenters. The molecule has 28 heavy (non-hydrogen) atoms. The molecule has 2 aromatic rings. The molecular weight excluding hydrogens is 356 g/mol. The van der Waals surface area contributed by atoms with E-state index in [1.165, 1.54) is 0 Å². The van der Waals surface area contributed by atoms with Gasteiger partial charge in [0.05, 0.1) is 12.2 Å². The summed E-state index contributed by atoms with van der Waals surface area (Å²) in [6.07, 6.45) is 1.59. The summed E-state index contributed by atoms with van der Waals surface area (Å²) in [5.74, 6) is 0.510. The van der Waals surface area contributed by atoms with Gasteiger partial charge in [-0.3, -0.25) is 15.3 Å². The van der Waals surface area contributed by atoms with E-state index in [0.717, 1.165) is 40.9 Å². The molecule has 3 amide bonds. The minimum Gasteiger partial charge on any atom is -0.309 e. The van der Waals surface area contributed by atoms with Crippen LogP contribution in [0.5, 0.6) is 0 Å². The third-order valence-corrected chi connectivity index (χ3v) is 5.15. The fourth-order valence-electron chi connectivity index (χ4n) is 3.37. The lowest BCUT2D eigenvalue weighted by Crippen LogP contribution is -2.41. The SMILES string of the molecule is CCC(CC)C(=O)Nc1n[nH]c2c1CN(NC(=O)Nc1cc(C)ccc1C)C2. The lowest BCUT2D eigenvalue weighted by molar-refractivity contribution is -0.120. The standard InChI is InChI=1S/C20H28N6O2/c1-5-14(6-2)19(27)22-18-15-10-26(11-17(15)23-24-18)25-20(28)21-16-9-12(3)7-8-13(16)4/h7-9,14H,5-6,10-11H2,1-4H3,(H2,21,25,28)(H2,22,23,24,27). The third kappa shape index (κ3) is 4.33. The number of benzene rings is 1. The van der Waals surface area contributed by atoms with E-state index in [1.807, 2.05) is 45.9 Å². The number of amides is 3. The lowest BCUT2D eigenvalue weighted by atomic mass is 10.0. The van der Waals surface area contributed by atoms with Gasteiger partial charge in [-0.1, -0.05) is 26.0 Å². The number of carbonyl (C=O) groups is 2. The van der Waals surface area contributed by atoms with E-state index in [4.69, 9.17) is 0 Å². The Bertz CT molecular complexity index is 872. The van der Waals surface area contributed by atoms with E-state index < -0.39 is 0 Å². The van der Waals surface area contributed by atoms with Gasteiger partial charge in [0.15, 0.2) is 5.82 Å². The van der Waals surface area contributed by atoms with Crippen LogP contribution in [0.2, 0.25) is 0 Å². The highest BCUT2D eigenvalue weighted by Gasteiger charge is 2.27. The molecule has 0 spiro atoms. The predicted octanol–water partition coefficient (Wildman–Crippen LogP) is 3.45. The Morgan fingerprint density at radius 1 is 1.18 bits per heavy atom. The second kappa shape index (κ2) is 8.43. The Kier molecular flexibility index (Phi) is 5.99. The maximum absolute atomic E-state index is 12.4. The van der Waals surface area contributed by atoms with Gasteiger partial charge in [-0.05, 0) is 43.9 Å². The Balaban J connectivity index is 1.59. The van der Waals surface area contributed by atoms with Gasteiger partial charge < -0.3 is 10.6 Å². The van der Waals surface area contributed by atoms with E-state index in [-0.39, 0.29) is 17.9 Å². The van der Waals surface area contributed by atoms with E-state index in [1.54, 1.807) is 5.01 Å². The van der Waals surface area contributed by atoms with Gasteiger partial charge in [0, 0.05) is 23.7 Å². The first-order valence-electron chi connectivity index (χ1n) is 9.68. The van der Waals surface area contributed by atoms with Crippen molar-refractivity contribution in [2.24, 2.45) is 5.92 Å². The largest absolute Gasteiger partial charge is 0.333 e. The zero-order valence-electron chi connectivity index (χ0n) is 16.8. The number of rotatable bonds is 6. The topological polar surface area (TPSA) is 102 Å². The fourth-order valence-corrected chi connectivity index (χ4v) is 3.37. The maximum Gasteiger partial charge on any atom is 0.333 e. The molecule has 4 N–H and O–H groups in total. The van der Waals surface area contributed by atoms with Crippen molar-refractivity contribution in [2.45, 2.75) is 53.6 Å². The molecule has 2 heterocycles. The van der Waals surface area contributed by atoms with E-state index in [2.05, 4.69) is 26.3 Å². The number of hydrogen-bond acceptors (Lipinski definition) is 4. The molecule has 8 nitrogen and oxygen atoms in total. The van der Waals surface area contributed by atoms with Crippen molar-refractivity contribution in [2.75, 3.05) is 10.6 Å². The first-order valence-corrected chi connectivity index (χ1v) is 9.68. The molecule has 0 saturated heterocycles. The number of carbonyl (C=O) groups excluding carboxylic acids is 2. The van der Waals surface area contributed by atoms with Crippen molar-refractivity contribution in [1.29, 1.82) is 0 Å². The number of anilines is 2. The minimum atomic E-state index is -0.297. The van der Waals surface area contributed by atoms with E-state index in [0.29, 0.717) is 18.9 Å². The Morgan fingerprint density at radius 3 is 2.64 bits per heavy atom. The number of nitrogens with one attached hydrogen (secondary N) is 4. The quantitative estimate of drug-likeness (QED) is 0.612. The first kappa shape index (κ1) is 19.9. The first-order chi connectivity index (χ1) is 13.4. The minimum absolute atomic E-state index is 0.0154. The molecule has 1 aromatic heterocycles. The predicted molar refractivity (Wildman–Crippen MR) is 109 cm³/mol. The van der Waals surface area contributed by atoms with E-state index in [9.17, 15) is 9.59 Å². The normalized spacial score (nSPS) is 13.5. The molecule has 8 heteroatoms. The Morgan fingerprint density at radius 2 is 1.93 bits per heavy atom. The average Bonchev–Trinajstić information content (AvgIpc) is 3.20. The van der Waals surface area contributed by atoms with Crippen LogP contribution in [0, 0.1) is 19.8 Å². The summed E-state index contributed by atoms with van der Waals surface area (Å²) in [6.45, 7) is 8.93. The zero-order chi connectivity index (χ0) is 20.3. The number of H-pyrrole nitrogens is 1. The fraction of sp³-hybridized carbons (Fsp3) is 0.450. The molecule has 3 rings (SSSR count). The average molecular weight is 384 g/mol. The van der Waals surface area contributed by atoms with Crippen LogP contribution >= 0.6 is 0 Å². The van der Waals surface area contributed by atoms with Gasteiger partial charge >= 0.3 is 6.03 Å². The second-order valence-electron chi connectivity index (χ2n) is 7.27. The van der Waals surface area contributed by atoms with Crippen LogP contribution in [0.3, 0.4) is 0 Å². The van der Waals surface area contributed by atoms with Crippen molar-refractivity contribution >= 4 is 23.4 Å². The van der Waals surface area contributed by atoms with Crippen LogP contribution in [-0.2, 0) is 17.9 Å².